The van der Waals surface area contributed by atoms with Crippen LogP contribution in [0.25, 0.3) is 0 Å². The molecule has 8 nitrogen and oxygen atoms in total. The van der Waals surface area contributed by atoms with Gasteiger partial charge in [0.15, 0.2) is 11.5 Å². The first-order valence-electron chi connectivity index (χ1n) is 10.3. The lowest BCUT2D eigenvalue weighted by Crippen LogP contribution is -2.39. The maximum Gasteiger partial charge on any atom is 0.255 e. The number of halogens is 1. The van der Waals surface area contributed by atoms with Gasteiger partial charge in [-0.15, -0.1) is 0 Å². The first-order chi connectivity index (χ1) is 16.3. The summed E-state index contributed by atoms with van der Waals surface area (Å²) in [4.78, 5) is 12.6. The molecule has 1 amide bonds. The fourth-order valence-corrected chi connectivity index (χ4v) is 4.64. The molecule has 1 aliphatic rings. The Morgan fingerprint density at radius 2 is 1.82 bits per heavy atom. The van der Waals surface area contributed by atoms with Crippen LogP contribution in [0.5, 0.6) is 11.5 Å². The highest BCUT2D eigenvalue weighted by Gasteiger charge is 2.27. The van der Waals surface area contributed by atoms with E-state index in [0.29, 0.717) is 17.1 Å². The lowest BCUT2D eigenvalue weighted by molar-refractivity contribution is -0.121. The maximum absolute atomic E-state index is 14.3. The van der Waals surface area contributed by atoms with Crippen molar-refractivity contribution in [1.29, 1.82) is 0 Å². The fraction of sp³-hybridized carbons (Fsp3) is 0.167. The van der Waals surface area contributed by atoms with E-state index in [0.717, 1.165) is 9.87 Å². The van der Waals surface area contributed by atoms with Crippen molar-refractivity contribution in [3.63, 3.8) is 0 Å². The predicted molar refractivity (Wildman–Crippen MR) is 123 cm³/mol. The molecule has 176 valence electrons. The van der Waals surface area contributed by atoms with Crippen LogP contribution >= 0.6 is 0 Å². The number of hydrazone groups is 1. The molecule has 0 aromatic heterocycles. The van der Waals surface area contributed by atoms with Gasteiger partial charge in [0.1, 0.15) is 5.82 Å². The predicted octanol–water partition coefficient (Wildman–Crippen LogP) is 3.20. The summed E-state index contributed by atoms with van der Waals surface area (Å²) in [7, 11) is -4.09. The van der Waals surface area contributed by atoms with Gasteiger partial charge >= 0.3 is 0 Å². The number of hydrogen-bond donors (Lipinski definition) is 1. The van der Waals surface area contributed by atoms with Crippen molar-refractivity contribution in [2.75, 3.05) is 13.3 Å². The molecule has 3 aromatic rings. The Labute approximate surface area is 196 Å². The zero-order valence-electron chi connectivity index (χ0n) is 18.3. The van der Waals surface area contributed by atoms with Crippen molar-refractivity contribution in [2.45, 2.75) is 18.4 Å². The Kier molecular flexibility index (Phi) is 6.90. The summed E-state index contributed by atoms with van der Waals surface area (Å²) in [6, 6.07) is 17.2. The molecule has 0 atom stereocenters. The highest BCUT2D eigenvalue weighted by atomic mass is 32.2. The third-order valence-electron chi connectivity index (χ3n) is 5.08. The molecule has 1 heterocycles. The molecule has 4 rings (SSSR count). The molecule has 3 aromatic carbocycles. The van der Waals surface area contributed by atoms with Crippen molar-refractivity contribution in [2.24, 2.45) is 5.10 Å². The van der Waals surface area contributed by atoms with E-state index in [4.69, 9.17) is 9.47 Å². The molecular weight excluding hydrogens is 461 g/mol. The second-order valence-electron chi connectivity index (χ2n) is 7.58. The number of ether oxygens (including phenoxy) is 2. The molecule has 0 bridgehead atoms. The third kappa shape index (κ3) is 5.41. The van der Waals surface area contributed by atoms with E-state index in [9.17, 15) is 17.6 Å². The summed E-state index contributed by atoms with van der Waals surface area (Å²) in [5, 5.41) is 3.89. The summed E-state index contributed by atoms with van der Waals surface area (Å²) >= 11 is 0. The molecule has 0 saturated heterocycles. The number of aryl methyl sites for hydroxylation is 1. The molecule has 34 heavy (non-hydrogen) atoms. The molecule has 0 aliphatic carbocycles. The van der Waals surface area contributed by atoms with E-state index in [-0.39, 0.29) is 23.8 Å². The molecule has 1 N–H and O–H groups in total. The largest absolute Gasteiger partial charge is 0.454 e. The smallest absolute Gasteiger partial charge is 0.255 e. The first-order valence-corrected chi connectivity index (χ1v) is 11.8. The highest BCUT2D eigenvalue weighted by Crippen LogP contribution is 2.32. The lowest BCUT2D eigenvalue weighted by Gasteiger charge is -2.22. The second-order valence-corrected chi connectivity index (χ2v) is 9.52. The second kappa shape index (κ2) is 10.0. The summed E-state index contributed by atoms with van der Waals surface area (Å²) in [6.07, 6.45) is 1.40. The fourth-order valence-electron chi connectivity index (χ4n) is 3.27. The molecule has 0 fully saturated rings. The quantitative estimate of drug-likeness (QED) is 0.392. The van der Waals surface area contributed by atoms with Crippen LogP contribution in [0.4, 0.5) is 4.39 Å². The van der Waals surface area contributed by atoms with Crippen LogP contribution in [0, 0.1) is 12.7 Å². The van der Waals surface area contributed by atoms with Crippen LogP contribution in [0.3, 0.4) is 0 Å². The van der Waals surface area contributed by atoms with Crippen molar-refractivity contribution in [3.8, 4) is 11.5 Å². The zero-order chi connectivity index (χ0) is 24.1. The number of hydrogen-bond acceptors (Lipinski definition) is 6. The first kappa shape index (κ1) is 23.4. The van der Waals surface area contributed by atoms with Crippen LogP contribution in [0.2, 0.25) is 0 Å². The van der Waals surface area contributed by atoms with Crippen molar-refractivity contribution in [1.82, 2.24) is 9.73 Å². The number of rotatable bonds is 8. The summed E-state index contributed by atoms with van der Waals surface area (Å²) in [5.41, 5.74) is 4.01. The Morgan fingerprint density at radius 3 is 2.59 bits per heavy atom. The molecule has 0 radical (unpaired) electrons. The number of nitrogens with zero attached hydrogens (tertiary/aromatic N) is 2. The van der Waals surface area contributed by atoms with E-state index in [1.165, 1.54) is 36.5 Å². The highest BCUT2D eigenvalue weighted by molar-refractivity contribution is 7.89. The number of carbonyl (C=O) groups is 1. The molecule has 0 saturated carbocycles. The van der Waals surface area contributed by atoms with Crippen LogP contribution in [0.15, 0.2) is 76.7 Å². The molecule has 0 unspecified atom stereocenters. The van der Waals surface area contributed by atoms with Crippen molar-refractivity contribution < 1.29 is 27.1 Å². The molecule has 1 aliphatic heterocycles. The number of fused-ring (bicyclic) bond motifs is 1. The lowest BCUT2D eigenvalue weighted by atomic mass is 10.2. The van der Waals surface area contributed by atoms with E-state index >= 15 is 0 Å². The van der Waals surface area contributed by atoms with Gasteiger partial charge in [-0.25, -0.2) is 18.2 Å². The monoisotopic (exact) mass is 483 g/mol. The van der Waals surface area contributed by atoms with E-state index < -0.39 is 28.3 Å². The van der Waals surface area contributed by atoms with E-state index in [1.54, 1.807) is 36.4 Å². The third-order valence-corrected chi connectivity index (χ3v) is 6.89. The number of sulfonamides is 1. The van der Waals surface area contributed by atoms with Crippen LogP contribution in [0.1, 0.15) is 16.7 Å². The summed E-state index contributed by atoms with van der Waals surface area (Å²) in [5.74, 6) is -0.0568. The van der Waals surface area contributed by atoms with E-state index in [1.807, 2.05) is 6.92 Å². The van der Waals surface area contributed by atoms with Gasteiger partial charge in [0.2, 0.25) is 16.8 Å². The van der Waals surface area contributed by atoms with Crippen LogP contribution < -0.4 is 14.9 Å². The summed E-state index contributed by atoms with van der Waals surface area (Å²) < 4.78 is 52.2. The SMILES string of the molecule is Cc1ccc(S(=O)(=O)N(CC(=O)N/N=C\c2ccc3c(c2)OCO3)Cc2ccccc2F)cc1. The van der Waals surface area contributed by atoms with Gasteiger partial charge in [0.05, 0.1) is 17.7 Å². The molecule has 10 heteroatoms. The van der Waals surface area contributed by atoms with E-state index in [2.05, 4.69) is 10.5 Å². The van der Waals surface area contributed by atoms with Gasteiger partial charge < -0.3 is 9.47 Å². The Morgan fingerprint density at radius 1 is 1.09 bits per heavy atom. The topological polar surface area (TPSA) is 97.3 Å². The standard InChI is InChI=1S/C24H22FN3O5S/c1-17-6-9-20(10-7-17)34(30,31)28(14-19-4-2-3-5-21(19)25)15-24(29)27-26-13-18-8-11-22-23(12-18)33-16-32-22/h2-13H,14-16H2,1H3,(H,27,29)/b26-13-. The van der Waals surface area contributed by atoms with Gasteiger partial charge in [-0.1, -0.05) is 35.9 Å². The number of benzene rings is 3. The van der Waals surface area contributed by atoms with Crippen molar-refractivity contribution in [3.05, 3.63) is 89.2 Å². The Balaban J connectivity index is 1.50. The molecule has 0 spiro atoms. The van der Waals surface area contributed by atoms with Crippen molar-refractivity contribution >= 4 is 22.1 Å². The van der Waals surface area contributed by atoms with Gasteiger partial charge in [0, 0.05) is 12.1 Å². The number of nitrogens with one attached hydrogen (secondary N) is 1. The Hall–Kier alpha value is -3.76. The average molecular weight is 484 g/mol. The van der Waals surface area contributed by atoms with Gasteiger partial charge in [0.25, 0.3) is 5.91 Å². The minimum Gasteiger partial charge on any atom is -0.454 e. The normalized spacial score (nSPS) is 12.9. The van der Waals surface area contributed by atoms with Gasteiger partial charge in [-0.3, -0.25) is 4.79 Å². The number of carbonyl (C=O) groups excluding carboxylic acids is 1. The zero-order valence-corrected chi connectivity index (χ0v) is 19.1. The minimum absolute atomic E-state index is 0.00565. The average Bonchev–Trinajstić information content (AvgIpc) is 3.28. The number of amides is 1. The van der Waals surface area contributed by atoms with Gasteiger partial charge in [-0.2, -0.15) is 9.41 Å². The maximum atomic E-state index is 14.3. The van der Waals surface area contributed by atoms with Crippen LogP contribution in [-0.4, -0.2) is 38.2 Å². The van der Waals surface area contributed by atoms with Gasteiger partial charge in [-0.05, 0) is 48.9 Å². The molecular formula is C24H22FN3O5S. The van der Waals surface area contributed by atoms with Crippen LogP contribution in [-0.2, 0) is 21.4 Å². The Bertz CT molecular complexity index is 1330. The summed E-state index contributed by atoms with van der Waals surface area (Å²) in [6.45, 7) is 1.10. The minimum atomic E-state index is -4.09.